The van der Waals surface area contributed by atoms with Crippen LogP contribution in [0.1, 0.15) is 67.2 Å². The minimum Gasteiger partial charge on any atom is -0.628 e. The number of benzene rings is 1. The molecule has 0 aromatic heterocycles. The molecule has 1 aromatic carbocycles. The lowest BCUT2D eigenvalue weighted by Crippen LogP contribution is -3.11. The monoisotopic (exact) mass is 426 g/mol. The highest BCUT2D eigenvalue weighted by molar-refractivity contribution is 5.62. The van der Waals surface area contributed by atoms with E-state index in [1.165, 1.54) is 18.2 Å². The van der Waals surface area contributed by atoms with Crippen molar-refractivity contribution in [3.05, 3.63) is 28.6 Å². The van der Waals surface area contributed by atoms with E-state index in [9.17, 15) is 10.4 Å². The van der Waals surface area contributed by atoms with Gasteiger partial charge in [-0.05, 0) is 54.9 Å². The molecule has 0 spiro atoms. The van der Waals surface area contributed by atoms with Gasteiger partial charge in [-0.15, -0.1) is 0 Å². The number of nitrogens with two attached hydrogens (primary N) is 1. The lowest BCUT2D eigenvalue weighted by Gasteiger charge is -2.40. The van der Waals surface area contributed by atoms with Crippen LogP contribution in [0.3, 0.4) is 0 Å². The lowest BCUT2D eigenvalue weighted by atomic mass is 9.94. The van der Waals surface area contributed by atoms with Gasteiger partial charge < -0.3 is 21.2 Å². The maximum Gasteiger partial charge on any atom is 0.168 e. The minimum absolute atomic E-state index is 0.0672. The van der Waals surface area contributed by atoms with Crippen LogP contribution in [0, 0.1) is 15.9 Å². The summed E-state index contributed by atoms with van der Waals surface area (Å²) in [6.45, 7) is 11.4. The van der Waals surface area contributed by atoms with E-state index in [2.05, 4.69) is 15.7 Å². The minimum atomic E-state index is -0.812. The van der Waals surface area contributed by atoms with E-state index in [1.807, 2.05) is 41.5 Å². The van der Waals surface area contributed by atoms with Crippen molar-refractivity contribution < 1.29 is 20.1 Å². The average molecular weight is 427 g/mol. The fourth-order valence-corrected chi connectivity index (χ4v) is 2.59. The molecule has 12 heteroatoms. The van der Waals surface area contributed by atoms with E-state index in [0.29, 0.717) is 36.7 Å². The Bertz CT molecular complexity index is 709. The van der Waals surface area contributed by atoms with Crippen molar-refractivity contribution in [1.82, 2.24) is 5.34 Å². The van der Waals surface area contributed by atoms with Gasteiger partial charge in [0.1, 0.15) is 0 Å². The zero-order valence-electron chi connectivity index (χ0n) is 18.6. The first-order valence-corrected chi connectivity index (χ1v) is 10.0. The lowest BCUT2D eigenvalue weighted by molar-refractivity contribution is -1.05. The van der Waals surface area contributed by atoms with Crippen molar-refractivity contribution in [3.63, 3.8) is 0 Å². The molecule has 5 N–H and O–H groups in total. The predicted molar refractivity (Wildman–Crippen MR) is 111 cm³/mol. The number of nitrogens with one attached hydrogen (secondary N) is 3. The van der Waals surface area contributed by atoms with Gasteiger partial charge >= 0.3 is 0 Å². The summed E-state index contributed by atoms with van der Waals surface area (Å²) in [6.07, 6.45) is 2.58. The van der Waals surface area contributed by atoms with Crippen LogP contribution in [-0.4, -0.2) is 16.5 Å². The highest BCUT2D eigenvalue weighted by atomic mass is 17.1. The van der Waals surface area contributed by atoms with E-state index in [1.54, 1.807) is 0 Å². The van der Waals surface area contributed by atoms with Crippen LogP contribution in [-0.2, 0) is 9.78 Å². The maximum atomic E-state index is 12.9. The largest absolute Gasteiger partial charge is 0.628 e. The number of anilines is 1. The van der Waals surface area contributed by atoms with E-state index in [-0.39, 0.29) is 16.4 Å². The molecule has 0 saturated heterocycles. The van der Waals surface area contributed by atoms with Gasteiger partial charge in [0.15, 0.2) is 11.4 Å². The number of hydroxylamine groups is 1. The third kappa shape index (κ3) is 6.39. The van der Waals surface area contributed by atoms with Crippen molar-refractivity contribution in [2.45, 2.75) is 78.4 Å². The summed E-state index contributed by atoms with van der Waals surface area (Å²) in [5.41, 5.74) is 12.3. The molecule has 0 heterocycles. The van der Waals surface area contributed by atoms with Gasteiger partial charge in [-0.25, -0.2) is 4.84 Å². The van der Waals surface area contributed by atoms with Gasteiger partial charge in [0, 0.05) is 28.8 Å². The van der Waals surface area contributed by atoms with Crippen LogP contribution in [0.2, 0.25) is 0 Å². The fraction of sp³-hybridized carbons (Fsp3) is 0.667. The summed E-state index contributed by atoms with van der Waals surface area (Å²) < 4.78 is 0. The molecular weight excluding hydrogens is 392 g/mol. The van der Waals surface area contributed by atoms with Gasteiger partial charge in [0.25, 0.3) is 0 Å². The molecule has 0 amide bonds. The number of hydrogen-bond donors (Lipinski definition) is 4. The molecule has 2 atom stereocenters. The first-order chi connectivity index (χ1) is 14.1. The molecule has 0 radical (unpaired) electrons. The summed E-state index contributed by atoms with van der Waals surface area (Å²) in [7, 11) is 0. The third-order valence-corrected chi connectivity index (χ3v) is 5.75. The summed E-state index contributed by atoms with van der Waals surface area (Å²) in [6, 6.07) is 4.36. The Kier molecular flexibility index (Phi) is 9.68. The number of nitrogen functional groups attached to an aromatic ring is 1. The first kappa shape index (κ1) is 25.8. The topological polar surface area (TPSA) is 164 Å². The van der Waals surface area contributed by atoms with Gasteiger partial charge in [-0.1, -0.05) is 27.7 Å². The molecule has 2 unspecified atom stereocenters. The normalized spacial score (nSPS) is 14.7. The van der Waals surface area contributed by atoms with Crippen LogP contribution in [0.25, 0.3) is 0 Å². The second kappa shape index (κ2) is 11.2. The Morgan fingerprint density at radius 2 is 1.70 bits per heavy atom. The Balaban J connectivity index is 3.06. The van der Waals surface area contributed by atoms with Gasteiger partial charge in [-0.2, -0.15) is 10.8 Å². The SMILES string of the molecule is CCC(C)(CC)ON(/N=N/N=N)O[NH+]([O-])c1ccc([NH+]([O-])C(C)(CC)CC)c(N)c1. The van der Waals surface area contributed by atoms with E-state index < -0.39 is 16.4 Å². The van der Waals surface area contributed by atoms with Crippen molar-refractivity contribution in [1.29, 1.82) is 5.53 Å². The maximum absolute atomic E-state index is 12.9. The molecule has 0 aliphatic carbocycles. The van der Waals surface area contributed by atoms with Crippen molar-refractivity contribution in [3.8, 4) is 0 Å². The molecule has 1 aromatic rings. The molecule has 0 aliphatic rings. The van der Waals surface area contributed by atoms with Crippen LogP contribution in [0.15, 0.2) is 33.9 Å². The van der Waals surface area contributed by atoms with E-state index in [0.717, 1.165) is 0 Å². The second-order valence-corrected chi connectivity index (χ2v) is 7.54. The van der Waals surface area contributed by atoms with E-state index >= 15 is 0 Å². The summed E-state index contributed by atoms with van der Waals surface area (Å²) in [5, 5.41) is 34.5. The molecule has 0 aliphatic heterocycles. The Morgan fingerprint density at radius 1 is 1.10 bits per heavy atom. The zero-order valence-corrected chi connectivity index (χ0v) is 18.6. The van der Waals surface area contributed by atoms with Crippen molar-refractivity contribution >= 4 is 17.1 Å². The standard InChI is InChI=1S/C18H34N8O4/c1-7-17(5,8-2)24(27)16-12-11-14(13-15(16)19)25(28)30-26(23-22-21-20)29-18(6,9-3)10-4/h11-13,20,24-25H,7-10,19H2,1-6H3/b21-20?,23-22+. The van der Waals surface area contributed by atoms with Crippen LogP contribution in [0.4, 0.5) is 17.1 Å². The average Bonchev–Trinajstić information content (AvgIpc) is 2.76. The van der Waals surface area contributed by atoms with Crippen molar-refractivity contribution in [2.24, 2.45) is 15.7 Å². The van der Waals surface area contributed by atoms with Crippen LogP contribution >= 0.6 is 0 Å². The van der Waals surface area contributed by atoms with Gasteiger partial charge in [0.05, 0.1) is 16.8 Å². The quantitative estimate of drug-likeness (QED) is 0.215. The summed E-state index contributed by atoms with van der Waals surface area (Å²) >= 11 is 0. The Morgan fingerprint density at radius 3 is 2.17 bits per heavy atom. The summed E-state index contributed by atoms with van der Waals surface area (Å²) in [5.74, 6) is 0. The first-order valence-electron chi connectivity index (χ1n) is 10.0. The zero-order chi connectivity index (χ0) is 22.9. The molecule has 30 heavy (non-hydrogen) atoms. The molecule has 0 saturated carbocycles. The molecule has 170 valence electrons. The predicted octanol–water partition coefficient (Wildman–Crippen LogP) is 2.85. The molecule has 1 rings (SSSR count). The highest BCUT2D eigenvalue weighted by Gasteiger charge is 2.31. The molecule has 12 nitrogen and oxygen atoms in total. The van der Waals surface area contributed by atoms with Gasteiger partial charge in [0.2, 0.25) is 0 Å². The van der Waals surface area contributed by atoms with Crippen LogP contribution in [0.5, 0.6) is 0 Å². The molecule has 0 bridgehead atoms. The van der Waals surface area contributed by atoms with Crippen molar-refractivity contribution in [2.75, 3.05) is 5.73 Å². The fourth-order valence-electron chi connectivity index (χ4n) is 2.59. The number of hydrogen-bond acceptors (Lipinski definition) is 7. The van der Waals surface area contributed by atoms with Gasteiger partial charge in [-0.3, -0.25) is 0 Å². The Labute approximate surface area is 177 Å². The number of quaternary nitrogens is 2. The smallest absolute Gasteiger partial charge is 0.168 e. The number of nitrogens with zero attached hydrogens (tertiary/aromatic N) is 4. The molecular formula is C18H34N8O4. The third-order valence-electron chi connectivity index (χ3n) is 5.75. The second-order valence-electron chi connectivity index (χ2n) is 7.54. The highest BCUT2D eigenvalue weighted by Crippen LogP contribution is 2.23. The number of rotatable bonds is 13. The Hall–Kier alpha value is -2.22. The molecule has 0 fully saturated rings. The van der Waals surface area contributed by atoms with E-state index in [4.69, 9.17) is 21.0 Å². The summed E-state index contributed by atoms with van der Waals surface area (Å²) in [4.78, 5) is 10.7. The van der Waals surface area contributed by atoms with Crippen LogP contribution < -0.4 is 16.0 Å².